The second-order valence-electron chi connectivity index (χ2n) is 5.98. The van der Waals surface area contributed by atoms with E-state index in [1.54, 1.807) is 4.99 Å². The minimum absolute atomic E-state index is 0.0293. The minimum Gasteiger partial charge on any atom is -0.369 e. The van der Waals surface area contributed by atoms with Crippen molar-refractivity contribution in [1.82, 2.24) is 0 Å². The minimum atomic E-state index is -0.482. The molecule has 0 aliphatic carbocycles. The lowest BCUT2D eigenvalue weighted by atomic mass is 10.0. The van der Waals surface area contributed by atoms with Gasteiger partial charge in [-0.15, -0.1) is 17.3 Å². The van der Waals surface area contributed by atoms with Gasteiger partial charge in [0.2, 0.25) is 0 Å². The van der Waals surface area contributed by atoms with E-state index in [4.69, 9.17) is 25.8 Å². The lowest BCUT2D eigenvalue weighted by Gasteiger charge is -2.32. The maximum Gasteiger partial charge on any atom is 0.170 e. The Kier molecular flexibility index (Phi) is 5.22. The van der Waals surface area contributed by atoms with Crippen molar-refractivity contribution in [2.24, 2.45) is 0 Å². The number of alkyl halides is 2. The molecule has 0 aromatic heterocycles. The van der Waals surface area contributed by atoms with Gasteiger partial charge in [-0.3, -0.25) is 0 Å². The van der Waals surface area contributed by atoms with Crippen molar-refractivity contribution in [3.05, 3.63) is 16.8 Å². The van der Waals surface area contributed by atoms with E-state index in [1.165, 1.54) is 0 Å². The zero-order valence-electron chi connectivity index (χ0n) is 11.8. The van der Waals surface area contributed by atoms with Gasteiger partial charge < -0.3 is 14.2 Å². The van der Waals surface area contributed by atoms with Crippen LogP contribution in [0.4, 0.5) is 0 Å². The fourth-order valence-electron chi connectivity index (χ4n) is 3.43. The van der Waals surface area contributed by atoms with Crippen LogP contribution < -0.4 is 0 Å². The third-order valence-corrected chi connectivity index (χ3v) is 6.49. The molecule has 7 atom stereocenters. The molecule has 0 aromatic carbocycles. The van der Waals surface area contributed by atoms with Crippen molar-refractivity contribution >= 4 is 43.5 Å². The quantitative estimate of drug-likeness (QED) is 0.449. The number of hydrogen-bond donors (Lipinski definition) is 0. The first kappa shape index (κ1) is 16.5. The smallest absolute Gasteiger partial charge is 0.170 e. The molecular formula is C15H19Br2ClO3. The van der Waals surface area contributed by atoms with Gasteiger partial charge in [-0.05, 0) is 19.4 Å². The predicted octanol–water partition coefficient (Wildman–Crippen LogP) is 4.26. The first-order valence-corrected chi connectivity index (χ1v) is 9.60. The Hall–Kier alpha value is 0.650. The Labute approximate surface area is 147 Å². The average Bonchev–Trinajstić information content (AvgIpc) is 2.98. The molecule has 3 rings (SSSR count). The first-order valence-electron chi connectivity index (χ1n) is 7.33. The van der Waals surface area contributed by atoms with E-state index >= 15 is 0 Å². The molecule has 118 valence electrons. The van der Waals surface area contributed by atoms with Crippen LogP contribution >= 0.6 is 43.5 Å². The van der Waals surface area contributed by atoms with Gasteiger partial charge in [-0.25, -0.2) is 0 Å². The summed E-state index contributed by atoms with van der Waals surface area (Å²) in [7, 11) is 0. The Balaban J connectivity index is 1.86. The van der Waals surface area contributed by atoms with Crippen LogP contribution in [0.5, 0.6) is 0 Å². The van der Waals surface area contributed by atoms with Gasteiger partial charge in [0.25, 0.3) is 0 Å². The van der Waals surface area contributed by atoms with Gasteiger partial charge in [-0.1, -0.05) is 31.9 Å². The number of halogens is 3. The predicted molar refractivity (Wildman–Crippen MR) is 89.2 cm³/mol. The summed E-state index contributed by atoms with van der Waals surface area (Å²) in [5, 5.41) is -0.0293. The Morgan fingerprint density at radius 2 is 2.10 bits per heavy atom. The fraction of sp³-hybridized carbons (Fsp3) is 0.800. The van der Waals surface area contributed by atoms with Gasteiger partial charge in [0.05, 0.1) is 34.6 Å². The lowest BCUT2D eigenvalue weighted by molar-refractivity contribution is -0.227. The molecule has 0 aromatic rings. The molecule has 0 N–H and O–H groups in total. The Morgan fingerprint density at radius 3 is 2.86 bits per heavy atom. The van der Waals surface area contributed by atoms with Gasteiger partial charge in [0, 0.05) is 24.2 Å². The number of fused-ring (bicyclic) bond motifs is 2. The maximum atomic E-state index is 6.50. The molecule has 3 aliphatic rings. The van der Waals surface area contributed by atoms with Crippen LogP contribution in [0.15, 0.2) is 16.8 Å². The summed E-state index contributed by atoms with van der Waals surface area (Å²) in [6.07, 6.45) is 5.35. The Bertz CT molecular complexity index is 454. The van der Waals surface area contributed by atoms with E-state index < -0.39 is 5.79 Å². The third-order valence-electron chi connectivity index (χ3n) is 4.45. The van der Waals surface area contributed by atoms with E-state index in [9.17, 15) is 0 Å². The zero-order chi connectivity index (χ0) is 15.0. The molecule has 3 aliphatic heterocycles. The summed E-state index contributed by atoms with van der Waals surface area (Å²) in [6.45, 7) is 2.08. The van der Waals surface area contributed by atoms with Crippen LogP contribution in [0.1, 0.15) is 32.6 Å². The summed E-state index contributed by atoms with van der Waals surface area (Å²) >= 11 is 13.5. The summed E-state index contributed by atoms with van der Waals surface area (Å²) in [5.74, 6) is -0.482. The van der Waals surface area contributed by atoms with Crippen molar-refractivity contribution in [3.63, 3.8) is 0 Å². The lowest BCUT2D eigenvalue weighted by Crippen LogP contribution is -2.40. The molecule has 0 amide bonds. The van der Waals surface area contributed by atoms with E-state index in [0.717, 1.165) is 25.7 Å². The highest BCUT2D eigenvalue weighted by molar-refractivity contribution is 9.11. The zero-order valence-corrected chi connectivity index (χ0v) is 15.7. The third kappa shape index (κ3) is 3.45. The molecular weight excluding hydrogens is 423 g/mol. The summed E-state index contributed by atoms with van der Waals surface area (Å²) < 4.78 is 18.6. The van der Waals surface area contributed by atoms with Crippen LogP contribution in [-0.2, 0) is 14.2 Å². The molecule has 3 saturated heterocycles. The van der Waals surface area contributed by atoms with Gasteiger partial charge in [0.15, 0.2) is 5.79 Å². The SMILES string of the molecule is C[C@@H]1O[C@H](C=C=CBr)C[C@@H]2O[C@@]3(CC[C@@H](O3)[C@H]1Br)C[C@H]2Cl. The molecule has 3 nitrogen and oxygen atoms in total. The maximum absolute atomic E-state index is 6.50. The van der Waals surface area contributed by atoms with Crippen LogP contribution in [0.25, 0.3) is 0 Å². The van der Waals surface area contributed by atoms with Crippen molar-refractivity contribution in [3.8, 4) is 0 Å². The number of rotatable bonds is 1. The highest BCUT2D eigenvalue weighted by atomic mass is 79.9. The number of ether oxygens (including phenoxy) is 3. The molecule has 0 radical (unpaired) electrons. The molecule has 3 bridgehead atoms. The highest BCUT2D eigenvalue weighted by Crippen LogP contribution is 2.47. The van der Waals surface area contributed by atoms with Crippen LogP contribution in [0.3, 0.4) is 0 Å². The molecule has 3 heterocycles. The van der Waals surface area contributed by atoms with Crippen LogP contribution in [0, 0.1) is 0 Å². The monoisotopic (exact) mass is 440 g/mol. The van der Waals surface area contributed by atoms with Crippen molar-refractivity contribution in [2.45, 2.75) is 73.0 Å². The summed E-state index contributed by atoms with van der Waals surface area (Å²) in [5.41, 5.74) is 3.04. The largest absolute Gasteiger partial charge is 0.369 e. The second-order valence-corrected chi connectivity index (χ2v) is 8.06. The second kappa shape index (κ2) is 6.64. The van der Waals surface area contributed by atoms with Gasteiger partial charge >= 0.3 is 0 Å². The van der Waals surface area contributed by atoms with Crippen molar-refractivity contribution in [1.29, 1.82) is 0 Å². The van der Waals surface area contributed by atoms with Crippen molar-refractivity contribution in [2.75, 3.05) is 0 Å². The number of hydrogen-bond acceptors (Lipinski definition) is 3. The summed E-state index contributed by atoms with van der Waals surface area (Å²) in [6, 6.07) is 0. The molecule has 0 saturated carbocycles. The van der Waals surface area contributed by atoms with Crippen LogP contribution in [-0.4, -0.2) is 40.4 Å². The van der Waals surface area contributed by atoms with E-state index in [-0.39, 0.29) is 34.6 Å². The Morgan fingerprint density at radius 1 is 1.33 bits per heavy atom. The summed E-state index contributed by atoms with van der Waals surface area (Å²) in [4.78, 5) is 1.85. The van der Waals surface area contributed by atoms with Crippen LogP contribution in [0.2, 0.25) is 0 Å². The van der Waals surface area contributed by atoms with Gasteiger partial charge in [0.1, 0.15) is 0 Å². The fourth-order valence-corrected chi connectivity index (χ4v) is 4.47. The molecule has 6 heteroatoms. The normalized spacial score (nSPS) is 49.5. The van der Waals surface area contributed by atoms with Gasteiger partial charge in [-0.2, -0.15) is 0 Å². The van der Waals surface area contributed by atoms with E-state index in [1.807, 2.05) is 6.08 Å². The van der Waals surface area contributed by atoms with E-state index in [2.05, 4.69) is 44.5 Å². The molecule has 0 unspecified atom stereocenters. The first-order chi connectivity index (χ1) is 10.0. The standard InChI is InChI=1S/C15H19Br2ClO3/c1-9-14(17)12-4-5-15(20-12)8-11(18)13(21-15)7-10(19-9)3-2-6-16/h3,6,9-14H,4-5,7-8H2,1H3/t2?,9-,10+,11+,12+,13-,14-,15-/m0/s1. The highest BCUT2D eigenvalue weighted by Gasteiger charge is 2.53. The molecule has 3 fully saturated rings. The van der Waals surface area contributed by atoms with Crippen molar-refractivity contribution < 1.29 is 14.2 Å². The molecule has 1 spiro atoms. The van der Waals surface area contributed by atoms with E-state index in [0.29, 0.717) is 0 Å². The molecule has 21 heavy (non-hydrogen) atoms. The topological polar surface area (TPSA) is 27.7 Å². The average molecular weight is 443 g/mol.